The fourth-order valence-corrected chi connectivity index (χ4v) is 4.39. The molecule has 1 aliphatic heterocycles. The molecule has 5 rings (SSSR count). The smallest absolute Gasteiger partial charge is 0.262 e. The Balaban J connectivity index is 1.53. The predicted octanol–water partition coefficient (Wildman–Crippen LogP) is 5.69. The van der Waals surface area contributed by atoms with Gasteiger partial charge in [-0.25, -0.2) is 4.98 Å². The van der Waals surface area contributed by atoms with Crippen molar-refractivity contribution in [3.8, 4) is 0 Å². The lowest BCUT2D eigenvalue weighted by molar-refractivity contribution is 0.740. The maximum Gasteiger partial charge on any atom is 0.262 e. The SMILES string of the molecule is CC(C)c1ccc(/C=C/c2ccnc3nc(N4c5ccccc5C[C@@H]4C)[nH]c(=O)c23)cc1. The number of rotatable bonds is 4. The molecule has 0 saturated carbocycles. The highest BCUT2D eigenvalue weighted by Crippen LogP contribution is 2.36. The minimum Gasteiger partial charge on any atom is -0.309 e. The molecular formula is C27H26N4O. The van der Waals surface area contributed by atoms with Gasteiger partial charge in [0.1, 0.15) is 0 Å². The lowest BCUT2D eigenvalue weighted by Crippen LogP contribution is -2.28. The molecule has 2 aromatic carbocycles. The third kappa shape index (κ3) is 3.60. The summed E-state index contributed by atoms with van der Waals surface area (Å²) in [6, 6.07) is 18.8. The first-order valence-electron chi connectivity index (χ1n) is 11.1. The zero-order chi connectivity index (χ0) is 22.2. The van der Waals surface area contributed by atoms with Crippen LogP contribution in [0.15, 0.2) is 65.6 Å². The molecule has 32 heavy (non-hydrogen) atoms. The highest BCUT2D eigenvalue weighted by Gasteiger charge is 2.29. The summed E-state index contributed by atoms with van der Waals surface area (Å²) in [7, 11) is 0. The summed E-state index contributed by atoms with van der Waals surface area (Å²) in [5.74, 6) is 1.04. The Morgan fingerprint density at radius 2 is 1.84 bits per heavy atom. The maximum atomic E-state index is 13.1. The quantitative estimate of drug-likeness (QED) is 0.459. The van der Waals surface area contributed by atoms with Gasteiger partial charge in [-0.1, -0.05) is 68.5 Å². The molecule has 5 nitrogen and oxygen atoms in total. The number of nitrogens with zero attached hydrogens (tertiary/aromatic N) is 3. The molecular weight excluding hydrogens is 396 g/mol. The van der Waals surface area contributed by atoms with E-state index in [0.717, 1.165) is 23.2 Å². The van der Waals surface area contributed by atoms with Crippen LogP contribution >= 0.6 is 0 Å². The van der Waals surface area contributed by atoms with E-state index in [2.05, 4.69) is 72.0 Å². The topological polar surface area (TPSA) is 61.9 Å². The standard InChI is InChI=1S/C27H26N4O/c1-17(2)20-11-8-19(9-12-20)10-13-21-14-15-28-25-24(21)26(32)30-27(29-25)31-18(3)16-22-6-4-5-7-23(22)31/h4-15,17-18H,16H2,1-3H3,(H,28,29,30,32)/b13-10+/t18-/m0/s1. The van der Waals surface area contributed by atoms with Gasteiger partial charge < -0.3 is 4.90 Å². The van der Waals surface area contributed by atoms with Crippen molar-refractivity contribution in [3.05, 3.63) is 93.4 Å². The average Bonchev–Trinajstić information content (AvgIpc) is 3.13. The van der Waals surface area contributed by atoms with Crippen molar-refractivity contribution in [1.82, 2.24) is 15.0 Å². The number of H-pyrrole nitrogens is 1. The van der Waals surface area contributed by atoms with Gasteiger partial charge in [-0.15, -0.1) is 0 Å². The number of para-hydroxylation sites is 1. The van der Waals surface area contributed by atoms with Crippen LogP contribution in [-0.4, -0.2) is 21.0 Å². The lowest BCUT2D eigenvalue weighted by Gasteiger charge is -2.23. The molecule has 0 saturated heterocycles. The number of hydrogen-bond acceptors (Lipinski definition) is 4. The van der Waals surface area contributed by atoms with E-state index in [1.807, 2.05) is 30.4 Å². The molecule has 160 valence electrons. The molecule has 0 unspecified atom stereocenters. The van der Waals surface area contributed by atoms with E-state index in [0.29, 0.717) is 22.9 Å². The van der Waals surface area contributed by atoms with Crippen LogP contribution in [0.25, 0.3) is 23.2 Å². The first kappa shape index (κ1) is 20.2. The third-order valence-electron chi connectivity index (χ3n) is 6.12. The van der Waals surface area contributed by atoms with E-state index in [9.17, 15) is 4.79 Å². The average molecular weight is 423 g/mol. The highest BCUT2D eigenvalue weighted by molar-refractivity contribution is 5.88. The summed E-state index contributed by atoms with van der Waals surface area (Å²) in [5, 5.41) is 0.506. The molecule has 5 heteroatoms. The minimum atomic E-state index is -0.176. The van der Waals surface area contributed by atoms with Crippen molar-refractivity contribution in [3.63, 3.8) is 0 Å². The van der Waals surface area contributed by atoms with Crippen molar-refractivity contribution < 1.29 is 0 Å². The van der Waals surface area contributed by atoms with Crippen LogP contribution < -0.4 is 10.5 Å². The molecule has 0 radical (unpaired) electrons. The molecule has 0 bridgehead atoms. The number of anilines is 2. The molecule has 0 aliphatic carbocycles. The summed E-state index contributed by atoms with van der Waals surface area (Å²) in [4.78, 5) is 27.4. The number of benzene rings is 2. The normalized spacial score (nSPS) is 15.8. The van der Waals surface area contributed by atoms with Gasteiger partial charge >= 0.3 is 0 Å². The first-order valence-corrected chi connectivity index (χ1v) is 11.1. The van der Waals surface area contributed by atoms with Crippen LogP contribution in [0.2, 0.25) is 0 Å². The zero-order valence-corrected chi connectivity index (χ0v) is 18.5. The van der Waals surface area contributed by atoms with Gasteiger partial charge in [0.25, 0.3) is 5.56 Å². The largest absolute Gasteiger partial charge is 0.309 e. The first-order chi connectivity index (χ1) is 15.5. The Morgan fingerprint density at radius 1 is 1.06 bits per heavy atom. The Kier molecular flexibility index (Phi) is 5.10. The van der Waals surface area contributed by atoms with Crippen molar-refractivity contribution in [2.45, 2.75) is 39.2 Å². The zero-order valence-electron chi connectivity index (χ0n) is 18.5. The van der Waals surface area contributed by atoms with Crippen LogP contribution in [0.5, 0.6) is 0 Å². The monoisotopic (exact) mass is 422 g/mol. The van der Waals surface area contributed by atoms with Gasteiger partial charge in [0.2, 0.25) is 5.95 Å². The van der Waals surface area contributed by atoms with Crippen LogP contribution in [0, 0.1) is 0 Å². The molecule has 0 fully saturated rings. The minimum absolute atomic E-state index is 0.176. The maximum absolute atomic E-state index is 13.1. The van der Waals surface area contributed by atoms with Crippen molar-refractivity contribution in [2.75, 3.05) is 4.90 Å². The second-order valence-corrected chi connectivity index (χ2v) is 8.69. The van der Waals surface area contributed by atoms with E-state index in [1.165, 1.54) is 11.1 Å². The molecule has 1 atom stereocenters. The van der Waals surface area contributed by atoms with Gasteiger partial charge in [0.05, 0.1) is 5.39 Å². The Labute approximate surface area is 187 Å². The van der Waals surface area contributed by atoms with Gasteiger partial charge in [-0.2, -0.15) is 4.98 Å². The Hall–Kier alpha value is -3.73. The fourth-order valence-electron chi connectivity index (χ4n) is 4.39. The summed E-state index contributed by atoms with van der Waals surface area (Å²) < 4.78 is 0. The van der Waals surface area contributed by atoms with Gasteiger partial charge in [-0.3, -0.25) is 9.78 Å². The van der Waals surface area contributed by atoms with E-state index in [4.69, 9.17) is 4.98 Å². The third-order valence-corrected chi connectivity index (χ3v) is 6.12. The van der Waals surface area contributed by atoms with Crippen LogP contribution in [0.4, 0.5) is 11.6 Å². The van der Waals surface area contributed by atoms with Crippen LogP contribution in [0.3, 0.4) is 0 Å². The predicted molar refractivity (Wildman–Crippen MR) is 131 cm³/mol. The highest BCUT2D eigenvalue weighted by atomic mass is 16.1. The molecule has 4 aromatic rings. The Bertz CT molecular complexity index is 1370. The van der Waals surface area contributed by atoms with Crippen molar-refractivity contribution in [2.24, 2.45) is 0 Å². The molecule has 1 aliphatic rings. The fraction of sp³-hybridized carbons (Fsp3) is 0.222. The number of aromatic amines is 1. The number of nitrogens with one attached hydrogen (secondary N) is 1. The lowest BCUT2D eigenvalue weighted by atomic mass is 10.0. The van der Waals surface area contributed by atoms with E-state index < -0.39 is 0 Å². The van der Waals surface area contributed by atoms with E-state index >= 15 is 0 Å². The van der Waals surface area contributed by atoms with Crippen LogP contribution in [0.1, 0.15) is 48.9 Å². The number of fused-ring (bicyclic) bond motifs is 2. The second-order valence-electron chi connectivity index (χ2n) is 8.69. The van der Waals surface area contributed by atoms with Crippen molar-refractivity contribution >= 4 is 34.8 Å². The summed E-state index contributed by atoms with van der Waals surface area (Å²) in [6.45, 7) is 6.51. The molecule has 2 aromatic heterocycles. The molecule has 1 N–H and O–H groups in total. The van der Waals surface area contributed by atoms with E-state index in [1.54, 1.807) is 6.20 Å². The molecule has 0 spiro atoms. The van der Waals surface area contributed by atoms with Gasteiger partial charge in [0, 0.05) is 17.9 Å². The van der Waals surface area contributed by atoms with Crippen molar-refractivity contribution in [1.29, 1.82) is 0 Å². The number of aromatic nitrogens is 3. The van der Waals surface area contributed by atoms with Gasteiger partial charge in [-0.05, 0) is 53.6 Å². The number of pyridine rings is 1. The summed E-state index contributed by atoms with van der Waals surface area (Å²) in [6.07, 6.45) is 6.61. The number of hydrogen-bond donors (Lipinski definition) is 1. The molecule has 3 heterocycles. The second kappa shape index (κ2) is 8.08. The van der Waals surface area contributed by atoms with Crippen LogP contribution in [-0.2, 0) is 6.42 Å². The van der Waals surface area contributed by atoms with E-state index in [-0.39, 0.29) is 11.6 Å². The summed E-state index contributed by atoms with van der Waals surface area (Å²) in [5.41, 5.74) is 5.82. The van der Waals surface area contributed by atoms with Gasteiger partial charge in [0.15, 0.2) is 5.65 Å². The Morgan fingerprint density at radius 3 is 2.62 bits per heavy atom. The summed E-state index contributed by atoms with van der Waals surface area (Å²) >= 11 is 0. The molecule has 0 amide bonds.